The quantitative estimate of drug-likeness (QED) is 0.731. The second kappa shape index (κ2) is 6.12. The minimum Gasteiger partial charge on any atom is -0.477 e. The number of carboxylic acids is 1. The van der Waals surface area contributed by atoms with Gasteiger partial charge in [0.25, 0.3) is 0 Å². The first-order valence-corrected chi connectivity index (χ1v) is 5.88. The molecule has 7 nitrogen and oxygen atoms in total. The molecular formula is C12H18N4O3. The Bertz CT molecular complexity index is 468. The Morgan fingerprint density at radius 3 is 2.63 bits per heavy atom. The molecular weight excluding hydrogens is 248 g/mol. The number of nitrogens with one attached hydrogen (secondary N) is 2. The molecule has 0 aliphatic heterocycles. The molecule has 104 valence electrons. The van der Waals surface area contributed by atoms with E-state index in [4.69, 9.17) is 5.11 Å². The predicted molar refractivity (Wildman–Crippen MR) is 70.0 cm³/mol. The molecule has 1 aromatic heterocycles. The molecule has 0 aromatic carbocycles. The zero-order valence-corrected chi connectivity index (χ0v) is 11.2. The zero-order chi connectivity index (χ0) is 14.5. The Labute approximate surface area is 111 Å². The van der Waals surface area contributed by atoms with Crippen LogP contribution in [0.25, 0.3) is 0 Å². The maximum absolute atomic E-state index is 11.6. The van der Waals surface area contributed by atoms with Crippen molar-refractivity contribution in [2.24, 2.45) is 0 Å². The number of hydrogen-bond acceptors (Lipinski definition) is 5. The van der Waals surface area contributed by atoms with Crippen molar-refractivity contribution in [3.05, 3.63) is 18.1 Å². The zero-order valence-electron chi connectivity index (χ0n) is 11.2. The number of nitrogens with zero attached hydrogens (tertiary/aromatic N) is 2. The van der Waals surface area contributed by atoms with Gasteiger partial charge < -0.3 is 15.7 Å². The van der Waals surface area contributed by atoms with Gasteiger partial charge in [0.2, 0.25) is 5.91 Å². The lowest BCUT2D eigenvalue weighted by molar-refractivity contribution is -0.122. The van der Waals surface area contributed by atoms with Gasteiger partial charge in [-0.05, 0) is 20.8 Å². The average molecular weight is 266 g/mol. The molecule has 0 unspecified atom stereocenters. The Morgan fingerprint density at radius 2 is 2.05 bits per heavy atom. The van der Waals surface area contributed by atoms with Crippen molar-refractivity contribution in [3.8, 4) is 0 Å². The van der Waals surface area contributed by atoms with Gasteiger partial charge in [-0.25, -0.2) is 14.8 Å². The van der Waals surface area contributed by atoms with Crippen molar-refractivity contribution in [1.29, 1.82) is 0 Å². The number of aromatic carboxylic acids is 1. The summed E-state index contributed by atoms with van der Waals surface area (Å²) in [5.74, 6) is -1.00. The molecule has 3 N–H and O–H groups in total. The SMILES string of the molecule is CC(C)(C)NC(=O)CCNc1ncncc1C(=O)O. The summed E-state index contributed by atoms with van der Waals surface area (Å²) in [5.41, 5.74) is -0.295. The van der Waals surface area contributed by atoms with Crippen LogP contribution < -0.4 is 10.6 Å². The van der Waals surface area contributed by atoms with Crippen molar-refractivity contribution in [2.75, 3.05) is 11.9 Å². The first-order chi connectivity index (χ1) is 8.79. The Hall–Kier alpha value is -2.18. The maximum atomic E-state index is 11.6. The molecule has 19 heavy (non-hydrogen) atoms. The summed E-state index contributed by atoms with van der Waals surface area (Å²) in [6.07, 6.45) is 2.71. The van der Waals surface area contributed by atoms with Crippen molar-refractivity contribution >= 4 is 17.7 Å². The number of hydrogen-bond donors (Lipinski definition) is 3. The molecule has 0 saturated carbocycles. The second-order valence-corrected chi connectivity index (χ2v) is 5.07. The minimum atomic E-state index is -1.11. The molecule has 1 heterocycles. The standard InChI is InChI=1S/C12H18N4O3/c1-12(2,3)16-9(17)4-5-14-10-8(11(18)19)6-13-7-15-10/h6-7H,4-5H2,1-3H3,(H,16,17)(H,18,19)(H,13,14,15). The highest BCUT2D eigenvalue weighted by atomic mass is 16.4. The fourth-order valence-corrected chi connectivity index (χ4v) is 1.40. The fraction of sp³-hybridized carbons (Fsp3) is 0.500. The second-order valence-electron chi connectivity index (χ2n) is 5.07. The molecule has 0 bridgehead atoms. The van der Waals surface area contributed by atoms with E-state index in [0.717, 1.165) is 0 Å². The number of carboxylic acid groups (broad SMARTS) is 1. The van der Waals surface area contributed by atoms with Crippen molar-refractivity contribution in [3.63, 3.8) is 0 Å². The van der Waals surface area contributed by atoms with Crippen LogP contribution in [-0.2, 0) is 4.79 Å². The summed E-state index contributed by atoms with van der Waals surface area (Å²) in [5, 5.41) is 14.6. The van der Waals surface area contributed by atoms with E-state index >= 15 is 0 Å². The van der Waals surface area contributed by atoms with Gasteiger partial charge in [-0.3, -0.25) is 4.79 Å². The Kier molecular flexibility index (Phi) is 4.80. The van der Waals surface area contributed by atoms with E-state index in [-0.39, 0.29) is 29.2 Å². The van der Waals surface area contributed by atoms with Gasteiger partial charge in [0.05, 0.1) is 0 Å². The number of rotatable bonds is 5. The molecule has 0 spiro atoms. The maximum Gasteiger partial charge on any atom is 0.341 e. The summed E-state index contributed by atoms with van der Waals surface area (Å²) < 4.78 is 0. The van der Waals surface area contributed by atoms with Crippen LogP contribution in [0.5, 0.6) is 0 Å². The lowest BCUT2D eigenvalue weighted by Crippen LogP contribution is -2.41. The Morgan fingerprint density at radius 1 is 1.37 bits per heavy atom. The predicted octanol–water partition coefficient (Wildman–Crippen LogP) is 0.891. The van der Waals surface area contributed by atoms with Crippen molar-refractivity contribution < 1.29 is 14.7 Å². The topological polar surface area (TPSA) is 104 Å². The molecule has 0 aliphatic carbocycles. The monoisotopic (exact) mass is 266 g/mol. The first kappa shape index (κ1) is 14.9. The van der Waals surface area contributed by atoms with Crippen LogP contribution in [0.1, 0.15) is 37.6 Å². The van der Waals surface area contributed by atoms with E-state index in [1.807, 2.05) is 20.8 Å². The van der Waals surface area contributed by atoms with E-state index in [1.54, 1.807) is 0 Å². The molecule has 7 heteroatoms. The minimum absolute atomic E-state index is 0.0151. The van der Waals surface area contributed by atoms with Crippen LogP contribution in [0.2, 0.25) is 0 Å². The summed E-state index contributed by atoms with van der Waals surface area (Å²) >= 11 is 0. The van der Waals surface area contributed by atoms with Crippen LogP contribution in [-0.4, -0.2) is 39.0 Å². The van der Waals surface area contributed by atoms with Gasteiger partial charge in [-0.1, -0.05) is 0 Å². The highest BCUT2D eigenvalue weighted by Gasteiger charge is 2.14. The lowest BCUT2D eigenvalue weighted by Gasteiger charge is -2.20. The smallest absolute Gasteiger partial charge is 0.341 e. The number of amides is 1. The van der Waals surface area contributed by atoms with Crippen LogP contribution in [0.4, 0.5) is 5.82 Å². The molecule has 1 amide bonds. The van der Waals surface area contributed by atoms with Gasteiger partial charge in [0, 0.05) is 24.7 Å². The molecule has 0 radical (unpaired) electrons. The summed E-state index contributed by atoms with van der Waals surface area (Å²) in [6.45, 7) is 5.99. The van der Waals surface area contributed by atoms with Gasteiger partial charge in [0.15, 0.2) is 0 Å². The Balaban J connectivity index is 2.50. The van der Waals surface area contributed by atoms with Crippen LogP contribution >= 0.6 is 0 Å². The molecule has 0 fully saturated rings. The molecule has 0 atom stereocenters. The fourth-order valence-electron chi connectivity index (χ4n) is 1.40. The summed E-state index contributed by atoms with van der Waals surface area (Å²) in [6, 6.07) is 0. The highest BCUT2D eigenvalue weighted by Crippen LogP contribution is 2.09. The van der Waals surface area contributed by atoms with E-state index < -0.39 is 5.97 Å². The first-order valence-electron chi connectivity index (χ1n) is 5.88. The number of carbonyl (C=O) groups excluding carboxylic acids is 1. The van der Waals surface area contributed by atoms with E-state index in [9.17, 15) is 9.59 Å². The molecule has 0 saturated heterocycles. The number of anilines is 1. The third kappa shape index (κ3) is 5.33. The number of carbonyl (C=O) groups is 2. The average Bonchev–Trinajstić information content (AvgIpc) is 2.27. The highest BCUT2D eigenvalue weighted by molar-refractivity contribution is 5.92. The van der Waals surface area contributed by atoms with Gasteiger partial charge in [-0.15, -0.1) is 0 Å². The van der Waals surface area contributed by atoms with E-state index in [0.29, 0.717) is 6.54 Å². The molecule has 1 aromatic rings. The summed E-state index contributed by atoms with van der Waals surface area (Å²) in [4.78, 5) is 30.0. The summed E-state index contributed by atoms with van der Waals surface area (Å²) in [7, 11) is 0. The normalized spacial score (nSPS) is 10.9. The third-order valence-electron chi connectivity index (χ3n) is 2.10. The van der Waals surface area contributed by atoms with Crippen LogP contribution in [0.3, 0.4) is 0 Å². The van der Waals surface area contributed by atoms with E-state index in [1.165, 1.54) is 12.5 Å². The van der Waals surface area contributed by atoms with Crippen molar-refractivity contribution in [1.82, 2.24) is 15.3 Å². The number of aromatic nitrogens is 2. The molecule has 0 aliphatic rings. The van der Waals surface area contributed by atoms with Gasteiger partial charge in [-0.2, -0.15) is 0 Å². The van der Waals surface area contributed by atoms with Crippen LogP contribution in [0, 0.1) is 0 Å². The lowest BCUT2D eigenvalue weighted by atomic mass is 10.1. The van der Waals surface area contributed by atoms with E-state index in [2.05, 4.69) is 20.6 Å². The van der Waals surface area contributed by atoms with Crippen molar-refractivity contribution in [2.45, 2.75) is 32.7 Å². The van der Waals surface area contributed by atoms with Gasteiger partial charge >= 0.3 is 5.97 Å². The van der Waals surface area contributed by atoms with Gasteiger partial charge in [0.1, 0.15) is 17.7 Å². The van der Waals surface area contributed by atoms with Crippen LogP contribution in [0.15, 0.2) is 12.5 Å². The third-order valence-corrected chi connectivity index (χ3v) is 2.10. The largest absolute Gasteiger partial charge is 0.477 e. The molecule has 1 rings (SSSR count).